The molecule has 32 heavy (non-hydrogen) atoms. The summed E-state index contributed by atoms with van der Waals surface area (Å²) in [6.07, 6.45) is -0.900. The number of carbonyl (C=O) groups is 2. The van der Waals surface area contributed by atoms with Gasteiger partial charge in [-0.05, 0) is 23.3 Å². The molecule has 0 saturated carbocycles. The van der Waals surface area contributed by atoms with Crippen molar-refractivity contribution in [3.63, 3.8) is 0 Å². The second-order valence-corrected chi connectivity index (χ2v) is 7.43. The van der Waals surface area contributed by atoms with E-state index < -0.39 is 12.2 Å². The van der Waals surface area contributed by atoms with Crippen LogP contribution in [-0.4, -0.2) is 38.4 Å². The number of hydrogen-bond acceptors (Lipinski definition) is 4. The van der Waals surface area contributed by atoms with E-state index in [4.69, 9.17) is 9.47 Å². The van der Waals surface area contributed by atoms with E-state index in [1.54, 1.807) is 13.2 Å². The lowest BCUT2D eigenvalue weighted by atomic mass is 9.99. The van der Waals surface area contributed by atoms with Gasteiger partial charge in [-0.2, -0.15) is 0 Å². The summed E-state index contributed by atoms with van der Waals surface area (Å²) < 4.78 is 10.7. The average molecular weight is 431 g/mol. The van der Waals surface area contributed by atoms with Gasteiger partial charge < -0.3 is 20.1 Å². The SMILES string of the molecule is COc1cccc(N2C[C@@H](CNC(=O)NC(c3ccccc3)c3ccccc3)OC2=O)c1. The second-order valence-electron chi connectivity index (χ2n) is 7.43. The van der Waals surface area contributed by atoms with Gasteiger partial charge in [0.25, 0.3) is 0 Å². The largest absolute Gasteiger partial charge is 0.497 e. The van der Waals surface area contributed by atoms with Gasteiger partial charge in [0.15, 0.2) is 0 Å². The Labute approximate surface area is 187 Å². The maximum Gasteiger partial charge on any atom is 0.414 e. The van der Waals surface area contributed by atoms with Crippen molar-refractivity contribution in [3.8, 4) is 5.75 Å². The maximum atomic E-state index is 12.7. The van der Waals surface area contributed by atoms with Crippen molar-refractivity contribution in [2.75, 3.05) is 25.1 Å². The highest BCUT2D eigenvalue weighted by atomic mass is 16.6. The van der Waals surface area contributed by atoms with Crippen LogP contribution in [0.3, 0.4) is 0 Å². The zero-order valence-corrected chi connectivity index (χ0v) is 17.7. The van der Waals surface area contributed by atoms with Crippen LogP contribution in [0.2, 0.25) is 0 Å². The van der Waals surface area contributed by atoms with E-state index in [1.807, 2.05) is 78.9 Å². The molecular formula is C25H25N3O4. The molecule has 1 fully saturated rings. The lowest BCUT2D eigenvalue weighted by molar-refractivity contribution is 0.140. The topological polar surface area (TPSA) is 79.9 Å². The number of anilines is 1. The van der Waals surface area contributed by atoms with Crippen molar-refractivity contribution >= 4 is 17.8 Å². The molecule has 1 aliphatic rings. The van der Waals surface area contributed by atoms with E-state index in [0.717, 1.165) is 11.1 Å². The molecule has 0 radical (unpaired) electrons. The molecule has 1 atom stereocenters. The molecule has 1 heterocycles. The molecule has 7 heteroatoms. The Kier molecular flexibility index (Phi) is 6.55. The van der Waals surface area contributed by atoms with E-state index in [-0.39, 0.29) is 18.6 Å². The Hall–Kier alpha value is -4.00. The summed E-state index contributed by atoms with van der Waals surface area (Å²) in [5, 5.41) is 5.85. The van der Waals surface area contributed by atoms with Crippen LogP contribution in [0.25, 0.3) is 0 Å². The standard InChI is InChI=1S/C25H25N3O4/c1-31-21-14-8-13-20(15-21)28-17-22(32-25(28)30)16-26-24(29)27-23(18-9-4-2-5-10-18)19-11-6-3-7-12-19/h2-15,22-23H,16-17H2,1H3,(H2,26,27,29)/t22-/m1/s1. The number of benzene rings is 3. The molecule has 4 rings (SSSR count). The molecule has 0 aliphatic carbocycles. The first-order chi connectivity index (χ1) is 15.6. The average Bonchev–Trinajstić information content (AvgIpc) is 3.23. The number of amides is 3. The van der Waals surface area contributed by atoms with E-state index >= 15 is 0 Å². The number of carbonyl (C=O) groups excluding carboxylic acids is 2. The van der Waals surface area contributed by atoms with Gasteiger partial charge in [-0.15, -0.1) is 0 Å². The molecule has 3 aromatic carbocycles. The van der Waals surface area contributed by atoms with Crippen LogP contribution in [-0.2, 0) is 4.74 Å². The van der Waals surface area contributed by atoms with Crippen molar-refractivity contribution in [2.24, 2.45) is 0 Å². The van der Waals surface area contributed by atoms with Gasteiger partial charge in [-0.3, -0.25) is 4.90 Å². The number of cyclic esters (lactones) is 1. The Balaban J connectivity index is 1.37. The van der Waals surface area contributed by atoms with Gasteiger partial charge in [0.05, 0.1) is 31.9 Å². The van der Waals surface area contributed by atoms with E-state index in [2.05, 4.69) is 10.6 Å². The van der Waals surface area contributed by atoms with Crippen molar-refractivity contribution < 1.29 is 19.1 Å². The zero-order valence-electron chi connectivity index (χ0n) is 17.7. The predicted octanol–water partition coefficient (Wildman–Crippen LogP) is 4.11. The van der Waals surface area contributed by atoms with Gasteiger partial charge in [-0.1, -0.05) is 66.7 Å². The maximum absolute atomic E-state index is 12.7. The van der Waals surface area contributed by atoms with Crippen molar-refractivity contribution in [1.29, 1.82) is 0 Å². The van der Waals surface area contributed by atoms with Gasteiger partial charge in [0.2, 0.25) is 0 Å². The molecule has 164 valence electrons. The normalized spacial score (nSPS) is 15.4. The fourth-order valence-electron chi connectivity index (χ4n) is 3.66. The van der Waals surface area contributed by atoms with Crippen LogP contribution < -0.4 is 20.3 Å². The quantitative estimate of drug-likeness (QED) is 0.590. The van der Waals surface area contributed by atoms with E-state index in [1.165, 1.54) is 4.90 Å². The highest BCUT2D eigenvalue weighted by Crippen LogP contribution is 2.25. The van der Waals surface area contributed by atoms with Crippen molar-refractivity contribution in [2.45, 2.75) is 12.1 Å². The first-order valence-corrected chi connectivity index (χ1v) is 10.4. The number of rotatable bonds is 7. The molecule has 0 unspecified atom stereocenters. The highest BCUT2D eigenvalue weighted by Gasteiger charge is 2.32. The van der Waals surface area contributed by atoms with Crippen LogP contribution in [0.5, 0.6) is 5.75 Å². The molecule has 1 aliphatic heterocycles. The number of nitrogens with one attached hydrogen (secondary N) is 2. The Morgan fingerprint density at radius 1 is 1.03 bits per heavy atom. The molecular weight excluding hydrogens is 406 g/mol. The van der Waals surface area contributed by atoms with Crippen LogP contribution in [0.4, 0.5) is 15.3 Å². The fourth-order valence-corrected chi connectivity index (χ4v) is 3.66. The molecule has 7 nitrogen and oxygen atoms in total. The summed E-state index contributed by atoms with van der Waals surface area (Å²) in [7, 11) is 1.57. The summed E-state index contributed by atoms with van der Waals surface area (Å²) in [4.78, 5) is 26.5. The van der Waals surface area contributed by atoms with E-state index in [0.29, 0.717) is 18.0 Å². The van der Waals surface area contributed by atoms with Gasteiger partial charge in [-0.25, -0.2) is 9.59 Å². The summed E-state index contributed by atoms with van der Waals surface area (Å²) in [5.41, 5.74) is 2.64. The van der Waals surface area contributed by atoms with Crippen molar-refractivity contribution in [1.82, 2.24) is 10.6 Å². The molecule has 3 aromatic rings. The first kappa shape index (κ1) is 21.2. The highest BCUT2D eigenvalue weighted by molar-refractivity contribution is 5.90. The van der Waals surface area contributed by atoms with Gasteiger partial charge in [0, 0.05) is 6.07 Å². The summed E-state index contributed by atoms with van der Waals surface area (Å²) in [5.74, 6) is 0.657. The predicted molar refractivity (Wildman–Crippen MR) is 122 cm³/mol. The molecule has 3 amide bonds. The fraction of sp³-hybridized carbons (Fsp3) is 0.200. The lowest BCUT2D eigenvalue weighted by Gasteiger charge is -2.20. The lowest BCUT2D eigenvalue weighted by Crippen LogP contribution is -2.42. The zero-order chi connectivity index (χ0) is 22.3. The third-order valence-electron chi connectivity index (χ3n) is 5.27. The molecule has 0 aromatic heterocycles. The Morgan fingerprint density at radius 3 is 2.31 bits per heavy atom. The second kappa shape index (κ2) is 9.87. The minimum absolute atomic E-state index is 0.203. The van der Waals surface area contributed by atoms with Gasteiger partial charge in [0.1, 0.15) is 11.9 Å². The minimum Gasteiger partial charge on any atom is -0.497 e. The number of urea groups is 1. The monoisotopic (exact) mass is 431 g/mol. The van der Waals surface area contributed by atoms with Crippen LogP contribution in [0, 0.1) is 0 Å². The number of methoxy groups -OCH3 is 1. The van der Waals surface area contributed by atoms with Crippen LogP contribution >= 0.6 is 0 Å². The third kappa shape index (κ3) is 5.00. The third-order valence-corrected chi connectivity index (χ3v) is 5.27. The number of hydrogen-bond donors (Lipinski definition) is 2. The number of ether oxygens (including phenoxy) is 2. The summed E-state index contributed by atoms with van der Waals surface area (Å²) in [6.45, 7) is 0.543. The molecule has 0 bridgehead atoms. The summed E-state index contributed by atoms with van der Waals surface area (Å²) in [6, 6.07) is 26.1. The smallest absolute Gasteiger partial charge is 0.414 e. The Morgan fingerprint density at radius 2 is 1.69 bits per heavy atom. The van der Waals surface area contributed by atoms with Crippen LogP contribution in [0.1, 0.15) is 17.2 Å². The van der Waals surface area contributed by atoms with E-state index in [9.17, 15) is 9.59 Å². The van der Waals surface area contributed by atoms with Gasteiger partial charge >= 0.3 is 12.1 Å². The van der Waals surface area contributed by atoms with Crippen LogP contribution in [0.15, 0.2) is 84.9 Å². The molecule has 0 spiro atoms. The molecule has 1 saturated heterocycles. The van der Waals surface area contributed by atoms with Crippen molar-refractivity contribution in [3.05, 3.63) is 96.1 Å². The summed E-state index contributed by atoms with van der Waals surface area (Å²) >= 11 is 0. The number of nitrogens with zero attached hydrogens (tertiary/aromatic N) is 1. The molecule has 2 N–H and O–H groups in total. The first-order valence-electron chi connectivity index (χ1n) is 10.4. The minimum atomic E-state index is -0.452. The Bertz CT molecular complexity index is 1020.